The van der Waals surface area contributed by atoms with Crippen molar-refractivity contribution < 1.29 is 28.7 Å². The number of benzene rings is 2. The van der Waals surface area contributed by atoms with Crippen molar-refractivity contribution in [1.29, 1.82) is 0 Å². The number of unbranched alkanes of at least 4 members (excludes halogenated alkanes) is 2. The number of fused-ring (bicyclic) bond motifs is 1. The number of nitrogens with one attached hydrogen (secondary N) is 3. The summed E-state index contributed by atoms with van der Waals surface area (Å²) >= 11 is 0. The van der Waals surface area contributed by atoms with Crippen LogP contribution in [0.3, 0.4) is 0 Å². The second-order valence-corrected chi connectivity index (χ2v) is 8.43. The Bertz CT molecular complexity index is 1140. The first kappa shape index (κ1) is 26.5. The summed E-state index contributed by atoms with van der Waals surface area (Å²) in [5.41, 5.74) is 1.13. The van der Waals surface area contributed by atoms with Crippen molar-refractivity contribution in [3.05, 3.63) is 72.0 Å². The van der Waals surface area contributed by atoms with E-state index in [0.29, 0.717) is 56.3 Å². The van der Waals surface area contributed by atoms with E-state index in [2.05, 4.69) is 16.0 Å². The van der Waals surface area contributed by atoms with Gasteiger partial charge in [0.25, 0.3) is 11.8 Å². The number of carbonyl (C=O) groups is 4. The van der Waals surface area contributed by atoms with Gasteiger partial charge < -0.3 is 25.5 Å². The molecule has 1 atom stereocenters. The third-order valence-electron chi connectivity index (χ3n) is 5.63. The molecular formula is C27H31N3O6. The maximum Gasteiger partial charge on any atom is 0.303 e. The summed E-state index contributed by atoms with van der Waals surface area (Å²) in [6, 6.07) is 16.9. The van der Waals surface area contributed by atoms with E-state index < -0.39 is 17.9 Å². The molecule has 9 nitrogen and oxygen atoms in total. The van der Waals surface area contributed by atoms with Crippen LogP contribution in [0.1, 0.15) is 59.4 Å². The number of hydrogen-bond acceptors (Lipinski definition) is 5. The molecular weight excluding hydrogens is 462 g/mol. The molecule has 0 bridgehead atoms. The molecule has 1 aromatic heterocycles. The van der Waals surface area contributed by atoms with Crippen molar-refractivity contribution in [2.75, 3.05) is 13.1 Å². The smallest absolute Gasteiger partial charge is 0.303 e. The Kier molecular flexibility index (Phi) is 10.1. The van der Waals surface area contributed by atoms with Gasteiger partial charge in [-0.05, 0) is 49.9 Å². The Morgan fingerprint density at radius 2 is 1.53 bits per heavy atom. The van der Waals surface area contributed by atoms with Gasteiger partial charge in [-0.2, -0.15) is 0 Å². The van der Waals surface area contributed by atoms with Crippen LogP contribution in [0.4, 0.5) is 0 Å². The number of amides is 3. The van der Waals surface area contributed by atoms with Gasteiger partial charge in [-0.1, -0.05) is 42.8 Å². The highest BCUT2D eigenvalue weighted by Crippen LogP contribution is 2.19. The fourth-order valence-electron chi connectivity index (χ4n) is 3.70. The lowest BCUT2D eigenvalue weighted by molar-refractivity contribution is -0.137. The van der Waals surface area contributed by atoms with Crippen LogP contribution in [-0.4, -0.2) is 47.9 Å². The van der Waals surface area contributed by atoms with Crippen LogP contribution in [0, 0.1) is 0 Å². The lowest BCUT2D eigenvalue weighted by Gasteiger charge is -2.18. The minimum Gasteiger partial charge on any atom is -0.481 e. The molecule has 9 heteroatoms. The van der Waals surface area contributed by atoms with E-state index in [9.17, 15) is 19.2 Å². The molecule has 0 unspecified atom stereocenters. The summed E-state index contributed by atoms with van der Waals surface area (Å²) in [6.07, 6.45) is 2.73. The SMILES string of the molecule is O=C(O)CCCCCNC(=O)[C@H](CCCNC(=O)c1ccccc1)NC(=O)c1cc2ccccc2o1. The maximum absolute atomic E-state index is 12.8. The predicted octanol–water partition coefficient (Wildman–Crippen LogP) is 3.50. The average molecular weight is 494 g/mol. The topological polar surface area (TPSA) is 138 Å². The maximum atomic E-state index is 12.8. The van der Waals surface area contributed by atoms with Gasteiger partial charge in [-0.25, -0.2) is 0 Å². The molecule has 0 aliphatic heterocycles. The highest BCUT2D eigenvalue weighted by molar-refractivity contribution is 5.98. The number of rotatable bonds is 14. The zero-order valence-electron chi connectivity index (χ0n) is 20.0. The Morgan fingerprint density at radius 1 is 0.806 bits per heavy atom. The molecule has 2 aromatic carbocycles. The summed E-state index contributed by atoms with van der Waals surface area (Å²) in [6.45, 7) is 0.716. The first-order valence-corrected chi connectivity index (χ1v) is 12.1. The third kappa shape index (κ3) is 8.26. The summed E-state index contributed by atoms with van der Waals surface area (Å²) in [5.74, 6) is -1.77. The molecule has 0 saturated carbocycles. The fraction of sp³-hybridized carbons (Fsp3) is 0.333. The molecule has 190 valence electrons. The van der Waals surface area contributed by atoms with Crippen molar-refractivity contribution in [2.45, 2.75) is 44.6 Å². The van der Waals surface area contributed by atoms with Gasteiger partial charge >= 0.3 is 5.97 Å². The van der Waals surface area contributed by atoms with Crippen molar-refractivity contribution in [3.63, 3.8) is 0 Å². The average Bonchev–Trinajstić information content (AvgIpc) is 3.32. The highest BCUT2D eigenvalue weighted by atomic mass is 16.4. The van der Waals surface area contributed by atoms with E-state index in [1.54, 1.807) is 36.4 Å². The monoisotopic (exact) mass is 493 g/mol. The zero-order valence-corrected chi connectivity index (χ0v) is 20.0. The normalized spacial score (nSPS) is 11.6. The number of hydrogen-bond donors (Lipinski definition) is 4. The molecule has 0 radical (unpaired) electrons. The number of aliphatic carboxylic acids is 1. The molecule has 0 aliphatic rings. The molecule has 0 saturated heterocycles. The third-order valence-corrected chi connectivity index (χ3v) is 5.63. The quantitative estimate of drug-likeness (QED) is 0.254. The number of para-hydroxylation sites is 1. The van der Waals surface area contributed by atoms with E-state index in [-0.39, 0.29) is 24.0 Å². The summed E-state index contributed by atoms with van der Waals surface area (Å²) in [4.78, 5) is 48.5. The molecule has 0 spiro atoms. The van der Waals surface area contributed by atoms with Crippen molar-refractivity contribution in [2.24, 2.45) is 0 Å². The van der Waals surface area contributed by atoms with Crippen LogP contribution in [0.25, 0.3) is 11.0 Å². The van der Waals surface area contributed by atoms with Crippen molar-refractivity contribution in [3.8, 4) is 0 Å². The van der Waals surface area contributed by atoms with Crippen molar-refractivity contribution in [1.82, 2.24) is 16.0 Å². The molecule has 0 fully saturated rings. The second kappa shape index (κ2) is 13.7. The van der Waals surface area contributed by atoms with Crippen LogP contribution >= 0.6 is 0 Å². The number of carboxylic acids is 1. The summed E-state index contributed by atoms with van der Waals surface area (Å²) in [7, 11) is 0. The summed E-state index contributed by atoms with van der Waals surface area (Å²) < 4.78 is 5.61. The number of furan rings is 1. The van der Waals surface area contributed by atoms with Crippen LogP contribution in [-0.2, 0) is 9.59 Å². The standard InChI is InChI=1S/C27H31N3O6/c31-24(32)15-5-2-8-16-29-26(34)21(13-9-17-28-25(33)19-10-3-1-4-11-19)30-27(35)23-18-20-12-6-7-14-22(20)36-23/h1,3-4,6-7,10-12,14,18,21H,2,5,8-9,13,15-17H2,(H,28,33)(H,29,34)(H,30,35)(H,31,32)/t21-/m0/s1. The zero-order chi connectivity index (χ0) is 25.8. The molecule has 0 aliphatic carbocycles. The van der Waals surface area contributed by atoms with Crippen molar-refractivity contribution >= 4 is 34.7 Å². The van der Waals surface area contributed by atoms with E-state index in [4.69, 9.17) is 9.52 Å². The second-order valence-electron chi connectivity index (χ2n) is 8.43. The van der Waals surface area contributed by atoms with Gasteiger partial charge in [0.2, 0.25) is 5.91 Å². The number of carbonyl (C=O) groups excluding carboxylic acids is 3. The molecule has 4 N–H and O–H groups in total. The molecule has 36 heavy (non-hydrogen) atoms. The molecule has 3 aromatic rings. The van der Waals surface area contributed by atoms with Gasteiger partial charge in [0.15, 0.2) is 5.76 Å². The Labute approximate surface area is 209 Å². The van der Waals surface area contributed by atoms with Crippen LogP contribution < -0.4 is 16.0 Å². The molecule has 3 amide bonds. The van der Waals surface area contributed by atoms with Gasteiger partial charge in [-0.15, -0.1) is 0 Å². The van der Waals surface area contributed by atoms with E-state index in [0.717, 1.165) is 5.39 Å². The Hall–Kier alpha value is -4.14. The predicted molar refractivity (Wildman–Crippen MR) is 135 cm³/mol. The number of carboxylic acid groups (broad SMARTS) is 1. The minimum absolute atomic E-state index is 0.0961. The van der Waals surface area contributed by atoms with Gasteiger partial charge in [0.1, 0.15) is 11.6 Å². The largest absolute Gasteiger partial charge is 0.481 e. The van der Waals surface area contributed by atoms with Gasteiger partial charge in [0, 0.05) is 30.5 Å². The van der Waals surface area contributed by atoms with Crippen LogP contribution in [0.15, 0.2) is 65.1 Å². The van der Waals surface area contributed by atoms with Gasteiger partial charge in [-0.3, -0.25) is 19.2 Å². The lowest BCUT2D eigenvalue weighted by atomic mass is 10.1. The molecule has 3 rings (SSSR count). The van der Waals surface area contributed by atoms with E-state index in [1.807, 2.05) is 24.3 Å². The van der Waals surface area contributed by atoms with Crippen LogP contribution in [0.2, 0.25) is 0 Å². The minimum atomic E-state index is -0.841. The first-order chi connectivity index (χ1) is 17.4. The lowest BCUT2D eigenvalue weighted by Crippen LogP contribution is -2.47. The van der Waals surface area contributed by atoms with E-state index >= 15 is 0 Å². The molecule has 1 heterocycles. The Balaban J connectivity index is 1.54. The van der Waals surface area contributed by atoms with Crippen LogP contribution in [0.5, 0.6) is 0 Å². The fourth-order valence-corrected chi connectivity index (χ4v) is 3.70. The first-order valence-electron chi connectivity index (χ1n) is 12.1. The summed E-state index contributed by atoms with van der Waals surface area (Å²) in [5, 5.41) is 17.9. The highest BCUT2D eigenvalue weighted by Gasteiger charge is 2.23. The van der Waals surface area contributed by atoms with Gasteiger partial charge in [0.05, 0.1) is 0 Å². The van der Waals surface area contributed by atoms with E-state index in [1.165, 1.54) is 0 Å². The Morgan fingerprint density at radius 3 is 2.28 bits per heavy atom.